The molecule has 2 fully saturated rings. The van der Waals surface area contributed by atoms with Gasteiger partial charge in [-0.05, 0) is 24.8 Å². The molecule has 8 heteroatoms. The molecule has 0 N–H and O–H groups in total. The summed E-state index contributed by atoms with van der Waals surface area (Å²) in [6.45, 7) is 3.60. The number of aromatic nitrogens is 2. The van der Waals surface area contributed by atoms with Gasteiger partial charge in [0, 0.05) is 55.6 Å². The number of hydrogen-bond acceptors (Lipinski definition) is 7. The third-order valence-corrected chi connectivity index (χ3v) is 6.80. The Balaban J connectivity index is 1.44. The van der Waals surface area contributed by atoms with Crippen LogP contribution in [0.5, 0.6) is 11.5 Å². The number of benzene rings is 1. The molecule has 156 valence electrons. The van der Waals surface area contributed by atoms with Crippen molar-refractivity contribution in [1.82, 2.24) is 14.9 Å². The number of rotatable bonds is 5. The quantitative estimate of drug-likeness (QED) is 0.742. The Morgan fingerprint density at radius 1 is 1.07 bits per heavy atom. The molecule has 0 unspecified atom stereocenters. The zero-order valence-electron chi connectivity index (χ0n) is 17.1. The first-order chi connectivity index (χ1) is 14.2. The molecular formula is C21H28N4O3S. The molecule has 0 radical (unpaired) electrons. The lowest BCUT2D eigenvalue weighted by molar-refractivity contribution is -0.132. The van der Waals surface area contributed by atoms with E-state index in [-0.39, 0.29) is 0 Å². The van der Waals surface area contributed by atoms with Crippen LogP contribution < -0.4 is 14.4 Å². The molecule has 1 amide bonds. The molecular weight excluding hydrogens is 388 g/mol. The van der Waals surface area contributed by atoms with Crippen LogP contribution in [0, 0.1) is 5.92 Å². The van der Waals surface area contributed by atoms with E-state index in [4.69, 9.17) is 9.47 Å². The van der Waals surface area contributed by atoms with E-state index in [0.717, 1.165) is 67.2 Å². The van der Waals surface area contributed by atoms with Gasteiger partial charge in [-0.25, -0.2) is 9.97 Å². The number of thioether (sulfide) groups is 1. The van der Waals surface area contributed by atoms with Crippen LogP contribution in [0.4, 0.5) is 5.82 Å². The van der Waals surface area contributed by atoms with Gasteiger partial charge in [-0.3, -0.25) is 4.79 Å². The van der Waals surface area contributed by atoms with Gasteiger partial charge in [0.15, 0.2) is 11.5 Å². The van der Waals surface area contributed by atoms with Crippen LogP contribution >= 0.6 is 11.8 Å². The van der Waals surface area contributed by atoms with Gasteiger partial charge in [-0.2, -0.15) is 11.8 Å². The number of hydrogen-bond donors (Lipinski definition) is 0. The van der Waals surface area contributed by atoms with E-state index in [9.17, 15) is 4.79 Å². The Kier molecular flexibility index (Phi) is 6.28. The first kappa shape index (κ1) is 20.1. The van der Waals surface area contributed by atoms with Crippen molar-refractivity contribution >= 4 is 34.4 Å². The Morgan fingerprint density at radius 3 is 2.45 bits per heavy atom. The zero-order valence-corrected chi connectivity index (χ0v) is 17.9. The van der Waals surface area contributed by atoms with E-state index in [1.54, 1.807) is 20.5 Å². The van der Waals surface area contributed by atoms with Gasteiger partial charge < -0.3 is 19.3 Å². The van der Waals surface area contributed by atoms with Gasteiger partial charge in [0.05, 0.1) is 19.7 Å². The van der Waals surface area contributed by atoms with E-state index in [0.29, 0.717) is 29.7 Å². The van der Waals surface area contributed by atoms with Crippen LogP contribution in [0.3, 0.4) is 0 Å². The maximum absolute atomic E-state index is 12.6. The Labute approximate surface area is 175 Å². The molecule has 0 spiro atoms. The molecule has 0 aliphatic carbocycles. The van der Waals surface area contributed by atoms with E-state index < -0.39 is 0 Å². The Bertz CT molecular complexity index is 864. The van der Waals surface area contributed by atoms with Crippen LogP contribution in [0.15, 0.2) is 18.5 Å². The molecule has 4 rings (SSSR count). The summed E-state index contributed by atoms with van der Waals surface area (Å²) in [7, 11) is 3.26. The largest absolute Gasteiger partial charge is 0.493 e. The standard InChI is InChI=1S/C21H28N4O3S/c1-27-18-12-16-17(13-19(18)28-2)22-14-23-21(16)25-5-3-15(4-6-25)11-20(26)24-7-9-29-10-8-24/h12-15H,3-11H2,1-2H3. The smallest absolute Gasteiger partial charge is 0.222 e. The van der Waals surface area contributed by atoms with E-state index in [1.165, 1.54) is 0 Å². The normalized spacial score (nSPS) is 18.1. The van der Waals surface area contributed by atoms with Crippen molar-refractivity contribution in [3.8, 4) is 11.5 Å². The van der Waals surface area contributed by atoms with Gasteiger partial charge in [-0.1, -0.05) is 0 Å². The van der Waals surface area contributed by atoms with Crippen LogP contribution in [0.2, 0.25) is 0 Å². The highest BCUT2D eigenvalue weighted by atomic mass is 32.2. The minimum absolute atomic E-state index is 0.327. The second-order valence-corrected chi connectivity index (χ2v) is 8.77. The Morgan fingerprint density at radius 2 is 1.76 bits per heavy atom. The molecule has 0 atom stereocenters. The number of amides is 1. The second-order valence-electron chi connectivity index (χ2n) is 7.55. The predicted molar refractivity (Wildman–Crippen MR) is 116 cm³/mol. The van der Waals surface area contributed by atoms with Gasteiger partial charge in [0.25, 0.3) is 0 Å². The van der Waals surface area contributed by atoms with Crippen LogP contribution in [0.25, 0.3) is 10.9 Å². The van der Waals surface area contributed by atoms with Crippen molar-refractivity contribution in [2.45, 2.75) is 19.3 Å². The third kappa shape index (κ3) is 4.37. The summed E-state index contributed by atoms with van der Waals surface area (Å²) >= 11 is 1.94. The monoisotopic (exact) mass is 416 g/mol. The van der Waals surface area contributed by atoms with E-state index in [2.05, 4.69) is 14.9 Å². The first-order valence-electron chi connectivity index (χ1n) is 10.2. The molecule has 29 heavy (non-hydrogen) atoms. The average Bonchev–Trinajstić information content (AvgIpc) is 2.78. The van der Waals surface area contributed by atoms with E-state index >= 15 is 0 Å². The summed E-state index contributed by atoms with van der Waals surface area (Å²) in [5, 5.41) is 0.963. The summed E-state index contributed by atoms with van der Waals surface area (Å²) in [6.07, 6.45) is 4.29. The molecule has 7 nitrogen and oxygen atoms in total. The van der Waals surface area contributed by atoms with Gasteiger partial charge in [0.1, 0.15) is 12.1 Å². The lowest BCUT2D eigenvalue weighted by Crippen LogP contribution is -2.40. The number of methoxy groups -OCH3 is 2. The van der Waals surface area contributed by atoms with E-state index in [1.807, 2.05) is 28.8 Å². The summed E-state index contributed by atoms with van der Waals surface area (Å²) < 4.78 is 10.9. The van der Waals surface area contributed by atoms with Crippen LogP contribution in [0.1, 0.15) is 19.3 Å². The number of ether oxygens (including phenoxy) is 2. The van der Waals surface area contributed by atoms with Crippen molar-refractivity contribution < 1.29 is 14.3 Å². The summed E-state index contributed by atoms with van der Waals surface area (Å²) in [6, 6.07) is 3.84. The fourth-order valence-electron chi connectivity index (χ4n) is 4.16. The second kappa shape index (κ2) is 9.07. The maximum Gasteiger partial charge on any atom is 0.222 e. The third-order valence-electron chi connectivity index (χ3n) is 5.86. The highest BCUT2D eigenvalue weighted by Gasteiger charge is 2.26. The van der Waals surface area contributed by atoms with Gasteiger partial charge >= 0.3 is 0 Å². The highest BCUT2D eigenvalue weighted by Crippen LogP contribution is 2.36. The fraction of sp³-hybridized carbons (Fsp3) is 0.571. The van der Waals surface area contributed by atoms with Crippen LogP contribution in [-0.4, -0.2) is 72.7 Å². The lowest BCUT2D eigenvalue weighted by atomic mass is 9.92. The minimum atomic E-state index is 0.327. The molecule has 0 bridgehead atoms. The molecule has 2 aliphatic heterocycles. The highest BCUT2D eigenvalue weighted by molar-refractivity contribution is 7.99. The van der Waals surface area contributed by atoms with Crippen molar-refractivity contribution in [2.24, 2.45) is 5.92 Å². The first-order valence-corrected chi connectivity index (χ1v) is 11.3. The van der Waals surface area contributed by atoms with Crippen molar-refractivity contribution in [3.63, 3.8) is 0 Å². The predicted octanol–water partition coefficient (Wildman–Crippen LogP) is 2.83. The van der Waals surface area contributed by atoms with Gasteiger partial charge in [0.2, 0.25) is 5.91 Å². The lowest BCUT2D eigenvalue weighted by Gasteiger charge is -2.34. The van der Waals surface area contributed by atoms with Crippen LogP contribution in [-0.2, 0) is 4.79 Å². The maximum atomic E-state index is 12.6. The molecule has 2 saturated heterocycles. The average molecular weight is 417 g/mol. The number of piperidine rings is 1. The molecule has 1 aromatic carbocycles. The molecule has 3 heterocycles. The molecule has 2 aliphatic rings. The summed E-state index contributed by atoms with van der Waals surface area (Å²) in [5.41, 5.74) is 0.841. The SMILES string of the molecule is COc1cc2ncnc(N3CCC(CC(=O)N4CCSCC4)CC3)c2cc1OC. The molecule has 1 aromatic heterocycles. The van der Waals surface area contributed by atoms with Crippen molar-refractivity contribution in [1.29, 1.82) is 0 Å². The number of fused-ring (bicyclic) bond motifs is 1. The summed E-state index contributed by atoms with van der Waals surface area (Å²) in [5.74, 6) is 5.19. The fourth-order valence-corrected chi connectivity index (χ4v) is 5.06. The minimum Gasteiger partial charge on any atom is -0.493 e. The van der Waals surface area contributed by atoms with Crippen molar-refractivity contribution in [2.75, 3.05) is 56.8 Å². The van der Waals surface area contributed by atoms with Crippen molar-refractivity contribution in [3.05, 3.63) is 18.5 Å². The Hall–Kier alpha value is -2.22. The van der Waals surface area contributed by atoms with Gasteiger partial charge in [-0.15, -0.1) is 0 Å². The molecule has 2 aromatic rings. The number of carbonyl (C=O) groups is 1. The zero-order chi connectivity index (χ0) is 20.2. The topological polar surface area (TPSA) is 67.8 Å². The summed E-state index contributed by atoms with van der Waals surface area (Å²) in [4.78, 5) is 25.9. The number of nitrogens with zero attached hydrogens (tertiary/aromatic N) is 4. The number of anilines is 1. The molecule has 0 saturated carbocycles. The number of carbonyl (C=O) groups excluding carboxylic acids is 1.